The third-order valence-electron chi connectivity index (χ3n) is 3.76. The van der Waals surface area contributed by atoms with E-state index in [-0.39, 0.29) is 10.7 Å². The van der Waals surface area contributed by atoms with Crippen LogP contribution >= 0.6 is 11.6 Å². The van der Waals surface area contributed by atoms with Crippen LogP contribution in [0.1, 0.15) is 11.4 Å². The highest BCUT2D eigenvalue weighted by molar-refractivity contribution is 6.33. The maximum Gasteiger partial charge on any atom is 0.289 e. The van der Waals surface area contributed by atoms with E-state index in [1.807, 2.05) is 40.9 Å². The molecule has 0 bridgehead atoms. The lowest BCUT2D eigenvalue weighted by atomic mass is 10.2. The monoisotopic (exact) mass is 357 g/mol. The van der Waals surface area contributed by atoms with Crippen molar-refractivity contribution in [3.05, 3.63) is 81.5 Å². The minimum Gasteiger partial charge on any atom is -0.351 e. The topological polar surface area (TPSA) is 77.1 Å². The fourth-order valence-electron chi connectivity index (χ4n) is 2.50. The van der Waals surface area contributed by atoms with Gasteiger partial charge in [-0.05, 0) is 5.56 Å². The van der Waals surface area contributed by atoms with Crippen molar-refractivity contribution < 1.29 is 4.92 Å². The Balaban J connectivity index is 1.77. The van der Waals surface area contributed by atoms with E-state index in [9.17, 15) is 10.1 Å². The average molecular weight is 358 g/mol. The molecule has 7 nitrogen and oxygen atoms in total. The molecule has 3 aromatic rings. The summed E-state index contributed by atoms with van der Waals surface area (Å²) in [5.41, 5.74) is 1.05. The first kappa shape index (κ1) is 16.9. The molecule has 0 saturated carbocycles. The molecule has 0 N–H and O–H groups in total. The molecule has 1 aromatic carbocycles. The van der Waals surface area contributed by atoms with E-state index in [4.69, 9.17) is 11.6 Å². The zero-order valence-electron chi connectivity index (χ0n) is 13.5. The van der Waals surface area contributed by atoms with Crippen molar-refractivity contribution in [2.45, 2.75) is 13.1 Å². The lowest BCUT2D eigenvalue weighted by Gasteiger charge is -2.19. The average Bonchev–Trinajstić information content (AvgIpc) is 3.02. The molecule has 2 heterocycles. The molecule has 0 atom stereocenters. The fraction of sp³-hybridized carbons (Fsp3) is 0.176. The van der Waals surface area contributed by atoms with Gasteiger partial charge in [-0.3, -0.25) is 10.1 Å². The summed E-state index contributed by atoms with van der Waals surface area (Å²) in [6.07, 6.45) is 4.87. The lowest BCUT2D eigenvalue weighted by molar-refractivity contribution is -0.385. The molecular weight excluding hydrogens is 342 g/mol. The van der Waals surface area contributed by atoms with Gasteiger partial charge in [-0.15, -0.1) is 0 Å². The molecule has 0 spiro atoms. The van der Waals surface area contributed by atoms with Crippen LogP contribution in [0.15, 0.2) is 55.0 Å². The molecule has 0 radical (unpaired) electrons. The number of hydrogen-bond acceptors (Lipinski definition) is 5. The third kappa shape index (κ3) is 3.95. The van der Waals surface area contributed by atoms with Gasteiger partial charge in [0.05, 0.1) is 16.5 Å². The predicted octanol–water partition coefficient (Wildman–Crippen LogP) is 3.52. The standard InChI is InChI=1S/C17H16ClN5O2/c1-21(17-15(18)9-14(10-20-17)23(24)25)12-16-19-7-8-22(16)11-13-5-3-2-4-6-13/h2-10H,11-12H2,1H3. The Morgan fingerprint density at radius 1 is 1.28 bits per heavy atom. The number of imidazole rings is 1. The summed E-state index contributed by atoms with van der Waals surface area (Å²) in [6, 6.07) is 11.4. The van der Waals surface area contributed by atoms with Gasteiger partial charge in [-0.2, -0.15) is 0 Å². The van der Waals surface area contributed by atoms with Gasteiger partial charge in [-0.25, -0.2) is 9.97 Å². The van der Waals surface area contributed by atoms with E-state index < -0.39 is 4.92 Å². The number of benzene rings is 1. The quantitative estimate of drug-likeness (QED) is 0.498. The molecule has 2 aromatic heterocycles. The Hall–Kier alpha value is -2.93. The zero-order valence-corrected chi connectivity index (χ0v) is 14.3. The molecule has 0 fully saturated rings. The molecule has 25 heavy (non-hydrogen) atoms. The largest absolute Gasteiger partial charge is 0.351 e. The van der Waals surface area contributed by atoms with Crippen LogP contribution in [0.4, 0.5) is 11.5 Å². The molecule has 0 saturated heterocycles. The summed E-state index contributed by atoms with van der Waals surface area (Å²) in [5.74, 6) is 1.32. The molecule has 0 aliphatic carbocycles. The molecular formula is C17H16ClN5O2. The third-order valence-corrected chi connectivity index (χ3v) is 4.03. The number of nitrogens with zero attached hydrogens (tertiary/aromatic N) is 5. The Bertz CT molecular complexity index is 882. The van der Waals surface area contributed by atoms with Crippen LogP contribution in [-0.2, 0) is 13.1 Å². The second kappa shape index (κ2) is 7.31. The van der Waals surface area contributed by atoms with E-state index in [0.717, 1.165) is 5.82 Å². The molecule has 0 aliphatic rings. The second-order valence-electron chi connectivity index (χ2n) is 5.57. The molecule has 3 rings (SSSR count). The number of rotatable bonds is 6. The van der Waals surface area contributed by atoms with Crippen LogP contribution < -0.4 is 4.90 Å². The van der Waals surface area contributed by atoms with Crippen molar-refractivity contribution in [1.29, 1.82) is 0 Å². The summed E-state index contributed by atoms with van der Waals surface area (Å²) < 4.78 is 2.05. The minimum absolute atomic E-state index is 0.132. The normalized spacial score (nSPS) is 10.6. The first-order valence-electron chi connectivity index (χ1n) is 7.59. The smallest absolute Gasteiger partial charge is 0.289 e. The highest BCUT2D eigenvalue weighted by Crippen LogP contribution is 2.27. The van der Waals surface area contributed by atoms with Gasteiger partial charge >= 0.3 is 0 Å². The highest BCUT2D eigenvalue weighted by atomic mass is 35.5. The van der Waals surface area contributed by atoms with Gasteiger partial charge in [0.15, 0.2) is 0 Å². The van der Waals surface area contributed by atoms with E-state index in [2.05, 4.69) is 22.1 Å². The van der Waals surface area contributed by atoms with Gasteiger partial charge in [-0.1, -0.05) is 41.9 Å². The Kier molecular flexibility index (Phi) is 4.95. The van der Waals surface area contributed by atoms with Crippen molar-refractivity contribution in [3.63, 3.8) is 0 Å². The van der Waals surface area contributed by atoms with Crippen LogP contribution in [0.5, 0.6) is 0 Å². The van der Waals surface area contributed by atoms with Crippen molar-refractivity contribution in [2.75, 3.05) is 11.9 Å². The van der Waals surface area contributed by atoms with Crippen molar-refractivity contribution in [3.8, 4) is 0 Å². The van der Waals surface area contributed by atoms with Crippen LogP contribution in [0, 0.1) is 10.1 Å². The first-order chi connectivity index (χ1) is 12.0. The highest BCUT2D eigenvalue weighted by Gasteiger charge is 2.15. The van der Waals surface area contributed by atoms with Crippen molar-refractivity contribution >= 4 is 23.1 Å². The van der Waals surface area contributed by atoms with Crippen molar-refractivity contribution in [2.24, 2.45) is 0 Å². The van der Waals surface area contributed by atoms with Crippen LogP contribution in [0.25, 0.3) is 0 Å². The van der Waals surface area contributed by atoms with E-state index >= 15 is 0 Å². The predicted molar refractivity (Wildman–Crippen MR) is 95.8 cm³/mol. The lowest BCUT2D eigenvalue weighted by Crippen LogP contribution is -2.21. The van der Waals surface area contributed by atoms with Crippen LogP contribution in [-0.4, -0.2) is 26.5 Å². The van der Waals surface area contributed by atoms with Gasteiger partial charge < -0.3 is 9.47 Å². The van der Waals surface area contributed by atoms with Crippen molar-refractivity contribution in [1.82, 2.24) is 14.5 Å². The van der Waals surface area contributed by atoms with E-state index in [1.54, 1.807) is 6.20 Å². The van der Waals surface area contributed by atoms with Crippen LogP contribution in [0.3, 0.4) is 0 Å². The zero-order chi connectivity index (χ0) is 17.8. The Labute approximate surface area is 149 Å². The van der Waals surface area contributed by atoms with Gasteiger partial charge in [0.2, 0.25) is 0 Å². The molecule has 128 valence electrons. The van der Waals surface area contributed by atoms with Gasteiger partial charge in [0.25, 0.3) is 5.69 Å². The molecule has 8 heteroatoms. The Morgan fingerprint density at radius 2 is 2.04 bits per heavy atom. The van der Waals surface area contributed by atoms with Gasteiger partial charge in [0.1, 0.15) is 17.8 Å². The van der Waals surface area contributed by atoms with Crippen LogP contribution in [0.2, 0.25) is 5.02 Å². The van der Waals surface area contributed by atoms with Gasteiger partial charge in [0, 0.05) is 32.1 Å². The number of hydrogen-bond donors (Lipinski definition) is 0. The molecule has 0 aliphatic heterocycles. The van der Waals surface area contributed by atoms with E-state index in [1.165, 1.54) is 17.8 Å². The Morgan fingerprint density at radius 3 is 2.72 bits per heavy atom. The summed E-state index contributed by atoms with van der Waals surface area (Å²) >= 11 is 6.14. The molecule has 0 unspecified atom stereocenters. The summed E-state index contributed by atoms with van der Waals surface area (Å²) in [5, 5.41) is 11.0. The number of pyridine rings is 1. The summed E-state index contributed by atoms with van der Waals surface area (Å²) in [6.45, 7) is 1.19. The maximum absolute atomic E-state index is 10.8. The summed E-state index contributed by atoms with van der Waals surface area (Å²) in [4.78, 5) is 20.6. The minimum atomic E-state index is -0.519. The van der Waals surface area contributed by atoms with E-state index in [0.29, 0.717) is 18.9 Å². The molecule has 0 amide bonds. The second-order valence-corrected chi connectivity index (χ2v) is 5.98. The number of nitro groups is 1. The number of anilines is 1. The fourth-order valence-corrected chi connectivity index (χ4v) is 2.81. The SMILES string of the molecule is CN(Cc1nccn1Cc1ccccc1)c1ncc([N+](=O)[O-])cc1Cl. The summed E-state index contributed by atoms with van der Waals surface area (Å²) in [7, 11) is 1.82. The number of aromatic nitrogens is 3. The number of halogens is 1. The maximum atomic E-state index is 10.8. The first-order valence-corrected chi connectivity index (χ1v) is 7.97.